The highest BCUT2D eigenvalue weighted by Gasteiger charge is 2.30. The summed E-state index contributed by atoms with van der Waals surface area (Å²) >= 11 is 5.78. The van der Waals surface area contributed by atoms with Gasteiger partial charge in [-0.05, 0) is 25.0 Å². The maximum absolute atomic E-state index is 5.78. The molecule has 1 nitrogen and oxygen atoms in total. The van der Waals surface area contributed by atoms with E-state index < -0.39 is 0 Å². The van der Waals surface area contributed by atoms with Crippen molar-refractivity contribution in [3.05, 3.63) is 11.6 Å². The van der Waals surface area contributed by atoms with Gasteiger partial charge in [-0.15, -0.1) is 11.6 Å². The van der Waals surface area contributed by atoms with E-state index in [1.54, 1.807) is 0 Å². The third kappa shape index (κ3) is 0.886. The van der Waals surface area contributed by atoms with Crippen LogP contribution in [-0.2, 0) is 0 Å². The van der Waals surface area contributed by atoms with E-state index in [1.807, 2.05) is 0 Å². The van der Waals surface area contributed by atoms with E-state index in [0.29, 0.717) is 0 Å². The van der Waals surface area contributed by atoms with Gasteiger partial charge in [0.05, 0.1) is 0 Å². The van der Waals surface area contributed by atoms with Gasteiger partial charge in [0.15, 0.2) is 0 Å². The lowest BCUT2D eigenvalue weighted by Crippen LogP contribution is -2.25. The Bertz CT molecular complexity index is 165. The van der Waals surface area contributed by atoms with Gasteiger partial charge >= 0.3 is 0 Å². The number of rotatable bonds is 1. The van der Waals surface area contributed by atoms with Crippen molar-refractivity contribution in [1.29, 1.82) is 0 Å². The van der Waals surface area contributed by atoms with Crippen molar-refractivity contribution in [2.45, 2.75) is 18.9 Å². The summed E-state index contributed by atoms with van der Waals surface area (Å²) in [5.41, 5.74) is 1.46. The molecule has 1 fully saturated rings. The van der Waals surface area contributed by atoms with Crippen molar-refractivity contribution < 1.29 is 0 Å². The zero-order chi connectivity index (χ0) is 6.97. The number of hydrogen-bond acceptors (Lipinski definition) is 1. The van der Waals surface area contributed by atoms with Crippen molar-refractivity contribution >= 4 is 11.6 Å². The van der Waals surface area contributed by atoms with Gasteiger partial charge in [-0.1, -0.05) is 6.08 Å². The summed E-state index contributed by atoms with van der Waals surface area (Å²) in [4.78, 5) is 2.51. The minimum absolute atomic E-state index is 0.720. The molecular formula is C8H12ClN. The predicted molar refractivity (Wildman–Crippen MR) is 43.4 cm³/mol. The fraction of sp³-hybridized carbons (Fsp3) is 0.750. The molecule has 0 amide bonds. The van der Waals surface area contributed by atoms with Gasteiger partial charge in [-0.25, -0.2) is 0 Å². The van der Waals surface area contributed by atoms with E-state index in [9.17, 15) is 0 Å². The topological polar surface area (TPSA) is 3.24 Å². The smallest absolute Gasteiger partial charge is 0.0449 e. The van der Waals surface area contributed by atoms with Gasteiger partial charge in [0.1, 0.15) is 0 Å². The Balaban J connectivity index is 2.10. The first-order chi connectivity index (χ1) is 4.92. The number of hydrogen-bond donors (Lipinski definition) is 0. The van der Waals surface area contributed by atoms with Crippen molar-refractivity contribution in [1.82, 2.24) is 4.90 Å². The summed E-state index contributed by atoms with van der Waals surface area (Å²) in [7, 11) is 0. The maximum Gasteiger partial charge on any atom is 0.0449 e. The molecule has 0 N–H and O–H groups in total. The molecule has 0 aliphatic carbocycles. The molecular weight excluding hydrogens is 146 g/mol. The quantitative estimate of drug-likeness (QED) is 0.413. The first kappa shape index (κ1) is 6.68. The van der Waals surface area contributed by atoms with Crippen molar-refractivity contribution in [3.8, 4) is 0 Å². The van der Waals surface area contributed by atoms with Crippen molar-refractivity contribution in [3.63, 3.8) is 0 Å². The molecule has 0 saturated carbocycles. The molecule has 2 heterocycles. The molecule has 0 unspecified atom stereocenters. The lowest BCUT2D eigenvalue weighted by molar-refractivity contribution is 0.337. The third-order valence-corrected chi connectivity index (χ3v) is 2.84. The second-order valence-corrected chi connectivity index (χ2v) is 3.33. The van der Waals surface area contributed by atoms with E-state index in [0.717, 1.165) is 18.5 Å². The highest BCUT2D eigenvalue weighted by molar-refractivity contribution is 6.19. The van der Waals surface area contributed by atoms with Gasteiger partial charge < -0.3 is 0 Å². The standard InChI is InChI=1S/C8H12ClN/c9-6-7-3-5-10-4-1-2-8(7)10/h3,8H,1-2,4-6H2/t8-/m0/s1. The van der Waals surface area contributed by atoms with E-state index in [2.05, 4.69) is 11.0 Å². The molecule has 0 aromatic carbocycles. The Labute approximate surface area is 66.7 Å². The van der Waals surface area contributed by atoms with Gasteiger partial charge in [0.2, 0.25) is 0 Å². The third-order valence-electron chi connectivity index (χ3n) is 2.53. The molecule has 2 aliphatic heterocycles. The molecule has 1 saturated heterocycles. The Morgan fingerprint density at radius 3 is 3.40 bits per heavy atom. The van der Waals surface area contributed by atoms with Gasteiger partial charge in [0.25, 0.3) is 0 Å². The van der Waals surface area contributed by atoms with Crippen LogP contribution in [0.4, 0.5) is 0 Å². The fourth-order valence-corrected chi connectivity index (χ4v) is 2.27. The average Bonchev–Trinajstić information content (AvgIpc) is 2.44. The van der Waals surface area contributed by atoms with Crippen LogP contribution in [0.3, 0.4) is 0 Å². The van der Waals surface area contributed by atoms with Crippen molar-refractivity contribution in [2.75, 3.05) is 19.0 Å². The summed E-state index contributed by atoms with van der Waals surface area (Å²) in [6.07, 6.45) is 4.98. The van der Waals surface area contributed by atoms with Crippen molar-refractivity contribution in [2.24, 2.45) is 0 Å². The molecule has 0 aromatic rings. The lowest BCUT2D eigenvalue weighted by atomic mass is 10.1. The summed E-state index contributed by atoms with van der Waals surface area (Å²) in [5, 5.41) is 0. The minimum Gasteiger partial charge on any atom is -0.293 e. The minimum atomic E-state index is 0.720. The number of nitrogens with zero attached hydrogens (tertiary/aromatic N) is 1. The average molecular weight is 158 g/mol. The van der Waals surface area contributed by atoms with Crippen LogP contribution in [0, 0.1) is 0 Å². The summed E-state index contributed by atoms with van der Waals surface area (Å²) in [6.45, 7) is 2.42. The van der Waals surface area contributed by atoms with E-state index in [1.165, 1.54) is 25.0 Å². The van der Waals surface area contributed by atoms with Crippen LogP contribution in [0.2, 0.25) is 0 Å². The van der Waals surface area contributed by atoms with Crippen LogP contribution < -0.4 is 0 Å². The molecule has 56 valence electrons. The predicted octanol–water partition coefficient (Wildman–Crippen LogP) is 1.63. The molecule has 0 radical (unpaired) electrons. The Hall–Kier alpha value is -0.0100. The molecule has 2 aliphatic rings. The summed E-state index contributed by atoms with van der Waals surface area (Å²) < 4.78 is 0. The second kappa shape index (κ2) is 2.55. The molecule has 2 heteroatoms. The van der Waals surface area contributed by atoms with E-state index in [4.69, 9.17) is 11.6 Å². The highest BCUT2D eigenvalue weighted by Crippen LogP contribution is 2.28. The molecule has 1 atom stereocenters. The number of fused-ring (bicyclic) bond motifs is 1. The van der Waals surface area contributed by atoms with Crippen LogP contribution in [0.5, 0.6) is 0 Å². The van der Waals surface area contributed by atoms with Gasteiger partial charge in [-0.2, -0.15) is 0 Å². The zero-order valence-electron chi connectivity index (χ0n) is 6.02. The maximum atomic E-state index is 5.78. The number of alkyl halides is 1. The first-order valence-corrected chi connectivity index (χ1v) is 4.44. The molecule has 0 aromatic heterocycles. The van der Waals surface area contributed by atoms with Crippen LogP contribution in [0.25, 0.3) is 0 Å². The SMILES string of the molecule is ClCC1=CCN2CCC[C@@H]12. The molecule has 2 rings (SSSR count). The van der Waals surface area contributed by atoms with Crippen LogP contribution >= 0.6 is 11.6 Å². The number of halogens is 1. The monoisotopic (exact) mass is 157 g/mol. The second-order valence-electron chi connectivity index (χ2n) is 3.07. The Morgan fingerprint density at radius 1 is 1.70 bits per heavy atom. The highest BCUT2D eigenvalue weighted by atomic mass is 35.5. The first-order valence-electron chi connectivity index (χ1n) is 3.91. The van der Waals surface area contributed by atoms with Gasteiger partial charge in [-0.3, -0.25) is 4.90 Å². The fourth-order valence-electron chi connectivity index (χ4n) is 1.98. The van der Waals surface area contributed by atoms with E-state index >= 15 is 0 Å². The molecule has 10 heavy (non-hydrogen) atoms. The zero-order valence-corrected chi connectivity index (χ0v) is 6.77. The van der Waals surface area contributed by atoms with Gasteiger partial charge in [0, 0.05) is 18.5 Å². The summed E-state index contributed by atoms with van der Waals surface area (Å²) in [6, 6.07) is 0.720. The normalized spacial score (nSPS) is 32.5. The lowest BCUT2D eigenvalue weighted by Gasteiger charge is -2.16. The van der Waals surface area contributed by atoms with Crippen LogP contribution in [0.1, 0.15) is 12.8 Å². The summed E-state index contributed by atoms with van der Waals surface area (Å²) in [5.74, 6) is 0.737. The van der Waals surface area contributed by atoms with Crippen LogP contribution in [-0.4, -0.2) is 29.9 Å². The Morgan fingerprint density at radius 2 is 2.60 bits per heavy atom. The Kier molecular flexibility index (Phi) is 1.71. The van der Waals surface area contributed by atoms with Crippen LogP contribution in [0.15, 0.2) is 11.6 Å². The molecule has 0 spiro atoms. The van der Waals surface area contributed by atoms with E-state index in [-0.39, 0.29) is 0 Å². The molecule has 0 bridgehead atoms. The largest absolute Gasteiger partial charge is 0.293 e.